The molecule has 4 nitrogen and oxygen atoms in total. The molecule has 0 aliphatic heterocycles. The first-order chi connectivity index (χ1) is 8.43. The molecule has 1 aromatic carbocycles. The molecular formula is C11H11Cl3N2O2. The fraction of sp³-hybridized carbons (Fsp3) is 0.273. The van der Waals surface area contributed by atoms with Gasteiger partial charge < -0.3 is 5.32 Å². The zero-order valence-corrected chi connectivity index (χ0v) is 11.7. The van der Waals surface area contributed by atoms with E-state index in [9.17, 15) is 9.59 Å². The molecule has 0 aliphatic rings. The minimum absolute atomic E-state index is 0.0724. The Morgan fingerprint density at radius 2 is 2.06 bits per heavy atom. The summed E-state index contributed by atoms with van der Waals surface area (Å²) in [6, 6.07) is 4.32. The molecule has 1 rings (SSSR count). The summed E-state index contributed by atoms with van der Waals surface area (Å²) in [5.74, 6) is -0.723. The van der Waals surface area contributed by atoms with Crippen LogP contribution in [-0.2, 0) is 4.79 Å². The number of amides is 3. The van der Waals surface area contributed by atoms with Gasteiger partial charge in [0.2, 0.25) is 5.91 Å². The third-order valence-corrected chi connectivity index (χ3v) is 3.31. The van der Waals surface area contributed by atoms with Crippen LogP contribution in [0.25, 0.3) is 0 Å². The zero-order valence-electron chi connectivity index (χ0n) is 9.47. The average Bonchev–Trinajstić information content (AvgIpc) is 2.32. The predicted octanol–water partition coefficient (Wildman–Crippen LogP) is 3.14. The second-order valence-corrected chi connectivity index (χ2v) is 4.77. The Morgan fingerprint density at radius 3 is 2.61 bits per heavy atom. The molecule has 0 bridgehead atoms. The molecule has 1 unspecified atom stereocenters. The lowest BCUT2D eigenvalue weighted by atomic mass is 10.2. The van der Waals surface area contributed by atoms with E-state index in [4.69, 9.17) is 34.8 Å². The van der Waals surface area contributed by atoms with Gasteiger partial charge in [0.1, 0.15) is 5.38 Å². The van der Waals surface area contributed by atoms with Gasteiger partial charge in [-0.05, 0) is 24.6 Å². The number of rotatable bonds is 3. The van der Waals surface area contributed by atoms with E-state index in [1.807, 2.05) is 6.92 Å². The Bertz CT molecular complexity index is 466. The maximum absolute atomic E-state index is 11.5. The van der Waals surface area contributed by atoms with Crippen molar-refractivity contribution in [3.63, 3.8) is 0 Å². The summed E-state index contributed by atoms with van der Waals surface area (Å²) in [4.78, 5) is 22.7. The summed E-state index contributed by atoms with van der Waals surface area (Å²) in [6.07, 6.45) is 0. The van der Waals surface area contributed by atoms with Gasteiger partial charge in [0.25, 0.3) is 0 Å². The molecule has 18 heavy (non-hydrogen) atoms. The first kappa shape index (κ1) is 15.1. The molecule has 0 aliphatic carbocycles. The van der Waals surface area contributed by atoms with Gasteiger partial charge in [-0.2, -0.15) is 0 Å². The summed E-state index contributed by atoms with van der Waals surface area (Å²) < 4.78 is 0. The van der Waals surface area contributed by atoms with E-state index in [0.29, 0.717) is 10.7 Å². The van der Waals surface area contributed by atoms with E-state index >= 15 is 0 Å². The lowest BCUT2D eigenvalue weighted by molar-refractivity contribution is -0.119. The van der Waals surface area contributed by atoms with Crippen molar-refractivity contribution in [3.8, 4) is 0 Å². The van der Waals surface area contributed by atoms with Gasteiger partial charge in [0.05, 0.1) is 0 Å². The number of aryl methyl sites for hydroxylation is 1. The number of hydrogen-bond donors (Lipinski definition) is 2. The quantitative estimate of drug-likeness (QED) is 0.843. The third-order valence-electron chi connectivity index (χ3n) is 2.09. The highest BCUT2D eigenvalue weighted by Crippen LogP contribution is 2.19. The number of alkyl halides is 2. The Balaban J connectivity index is 2.59. The highest BCUT2D eigenvalue weighted by molar-refractivity contribution is 6.37. The van der Waals surface area contributed by atoms with Crippen LogP contribution in [0.1, 0.15) is 5.56 Å². The molecule has 0 spiro atoms. The summed E-state index contributed by atoms with van der Waals surface area (Å²) in [6.45, 7) is 1.84. The lowest BCUT2D eigenvalue weighted by Gasteiger charge is -2.09. The smallest absolute Gasteiger partial charge is 0.308 e. The van der Waals surface area contributed by atoms with Gasteiger partial charge >= 0.3 is 6.03 Å². The van der Waals surface area contributed by atoms with Crippen molar-refractivity contribution < 1.29 is 9.59 Å². The fourth-order valence-electron chi connectivity index (χ4n) is 1.09. The van der Waals surface area contributed by atoms with Crippen LogP contribution in [-0.4, -0.2) is 23.2 Å². The SMILES string of the molecule is Cc1ccc(NC(=O)NC(=O)C(Cl)CCl)cc1Cl. The van der Waals surface area contributed by atoms with Crippen molar-refractivity contribution in [2.45, 2.75) is 12.3 Å². The molecule has 0 saturated carbocycles. The van der Waals surface area contributed by atoms with Crippen molar-refractivity contribution in [3.05, 3.63) is 28.8 Å². The van der Waals surface area contributed by atoms with Gasteiger partial charge in [-0.3, -0.25) is 10.1 Å². The van der Waals surface area contributed by atoms with Gasteiger partial charge in [-0.1, -0.05) is 17.7 Å². The van der Waals surface area contributed by atoms with E-state index in [2.05, 4.69) is 10.6 Å². The minimum Gasteiger partial charge on any atom is -0.308 e. The number of anilines is 1. The van der Waals surface area contributed by atoms with Crippen LogP contribution in [0.15, 0.2) is 18.2 Å². The topological polar surface area (TPSA) is 58.2 Å². The maximum atomic E-state index is 11.5. The van der Waals surface area contributed by atoms with E-state index in [1.165, 1.54) is 0 Å². The van der Waals surface area contributed by atoms with Crippen molar-refractivity contribution in [1.29, 1.82) is 0 Å². The number of carbonyl (C=O) groups excluding carboxylic acids is 2. The normalized spacial score (nSPS) is 11.8. The van der Waals surface area contributed by atoms with Gasteiger partial charge in [-0.25, -0.2) is 4.79 Å². The minimum atomic E-state index is -0.945. The number of imide groups is 1. The van der Waals surface area contributed by atoms with E-state index < -0.39 is 17.3 Å². The van der Waals surface area contributed by atoms with Crippen LogP contribution in [0.5, 0.6) is 0 Å². The van der Waals surface area contributed by atoms with Gasteiger partial charge in [0.15, 0.2) is 0 Å². The monoisotopic (exact) mass is 308 g/mol. The van der Waals surface area contributed by atoms with Crippen LogP contribution in [0.2, 0.25) is 5.02 Å². The molecule has 0 saturated heterocycles. The molecule has 0 fully saturated rings. The number of nitrogens with one attached hydrogen (secondary N) is 2. The van der Waals surface area contributed by atoms with Crippen LogP contribution in [0.4, 0.5) is 10.5 Å². The van der Waals surface area contributed by atoms with Crippen LogP contribution < -0.4 is 10.6 Å². The predicted molar refractivity (Wildman–Crippen MR) is 73.7 cm³/mol. The Hall–Kier alpha value is -0.970. The number of benzene rings is 1. The van der Waals surface area contributed by atoms with E-state index in [0.717, 1.165) is 5.56 Å². The summed E-state index contributed by atoms with van der Waals surface area (Å²) >= 11 is 16.8. The van der Waals surface area contributed by atoms with E-state index in [1.54, 1.807) is 18.2 Å². The Morgan fingerprint density at radius 1 is 1.39 bits per heavy atom. The van der Waals surface area contributed by atoms with Gasteiger partial charge in [-0.15, -0.1) is 23.2 Å². The van der Waals surface area contributed by atoms with Crippen LogP contribution in [0, 0.1) is 6.92 Å². The lowest BCUT2D eigenvalue weighted by Crippen LogP contribution is -2.39. The second kappa shape index (κ2) is 6.83. The average molecular weight is 310 g/mol. The summed E-state index contributed by atoms with van der Waals surface area (Å²) in [5, 5.41) is 4.11. The number of halogens is 3. The molecule has 0 heterocycles. The van der Waals surface area contributed by atoms with Crippen molar-refractivity contribution >= 4 is 52.4 Å². The number of hydrogen-bond acceptors (Lipinski definition) is 2. The highest BCUT2D eigenvalue weighted by atomic mass is 35.5. The second-order valence-electron chi connectivity index (χ2n) is 3.53. The molecule has 98 valence electrons. The first-order valence-corrected chi connectivity index (χ1v) is 6.37. The third kappa shape index (κ3) is 4.37. The maximum Gasteiger partial charge on any atom is 0.325 e. The molecule has 0 radical (unpaired) electrons. The largest absolute Gasteiger partial charge is 0.325 e. The van der Waals surface area contributed by atoms with Crippen LogP contribution >= 0.6 is 34.8 Å². The van der Waals surface area contributed by atoms with Crippen molar-refractivity contribution in [2.75, 3.05) is 11.2 Å². The Kier molecular flexibility index (Phi) is 5.72. The molecule has 1 atom stereocenters. The standard InChI is InChI=1S/C11H11Cl3N2O2/c1-6-2-3-7(4-8(6)13)15-11(18)16-10(17)9(14)5-12/h2-4,9H,5H2,1H3,(H2,15,16,17,18). The van der Waals surface area contributed by atoms with Crippen molar-refractivity contribution in [2.24, 2.45) is 0 Å². The van der Waals surface area contributed by atoms with E-state index in [-0.39, 0.29) is 5.88 Å². The van der Waals surface area contributed by atoms with Gasteiger partial charge in [0, 0.05) is 16.6 Å². The summed E-state index contributed by atoms with van der Waals surface area (Å²) in [5.41, 5.74) is 1.37. The highest BCUT2D eigenvalue weighted by Gasteiger charge is 2.16. The first-order valence-electron chi connectivity index (χ1n) is 5.02. The molecule has 3 amide bonds. The molecule has 0 aromatic heterocycles. The van der Waals surface area contributed by atoms with Crippen LogP contribution in [0.3, 0.4) is 0 Å². The molecule has 7 heteroatoms. The zero-order chi connectivity index (χ0) is 13.7. The summed E-state index contributed by atoms with van der Waals surface area (Å²) in [7, 11) is 0. The number of urea groups is 1. The number of carbonyl (C=O) groups is 2. The Labute approximate surface area is 120 Å². The molecular weight excluding hydrogens is 298 g/mol. The molecule has 2 N–H and O–H groups in total. The van der Waals surface area contributed by atoms with Crippen molar-refractivity contribution in [1.82, 2.24) is 5.32 Å². The fourth-order valence-corrected chi connectivity index (χ4v) is 1.47. The molecule has 1 aromatic rings.